The molecule has 0 unspecified atom stereocenters. The van der Waals surface area contributed by atoms with E-state index in [0.29, 0.717) is 31.7 Å². The molecule has 0 aliphatic carbocycles. The molecule has 0 saturated carbocycles. The SMILES string of the molecule is Cn1cnc2c(N3CCN(c4cc(C(F)(F)F)ncn4)CC3)ncnc21. The predicted octanol–water partition coefficient (Wildman–Crippen LogP) is 1.50. The second-order valence-electron chi connectivity index (χ2n) is 5.96. The smallest absolute Gasteiger partial charge is 0.353 e. The number of hydrogen-bond donors (Lipinski definition) is 0. The van der Waals surface area contributed by atoms with Crippen molar-refractivity contribution in [2.75, 3.05) is 36.0 Å². The Kier molecular flexibility index (Phi) is 3.85. The summed E-state index contributed by atoms with van der Waals surface area (Å²) in [7, 11) is 1.86. The number of nitrogens with zero attached hydrogens (tertiary/aromatic N) is 8. The van der Waals surface area contributed by atoms with Crippen LogP contribution in [0.15, 0.2) is 25.0 Å². The van der Waals surface area contributed by atoms with E-state index in [1.165, 1.54) is 6.33 Å². The Morgan fingerprint density at radius 2 is 1.58 bits per heavy atom. The van der Waals surface area contributed by atoms with Gasteiger partial charge in [-0.2, -0.15) is 13.2 Å². The number of halogens is 3. The van der Waals surface area contributed by atoms with Crippen molar-refractivity contribution in [1.29, 1.82) is 0 Å². The van der Waals surface area contributed by atoms with Crippen LogP contribution < -0.4 is 9.80 Å². The van der Waals surface area contributed by atoms with Crippen LogP contribution >= 0.6 is 0 Å². The number of hydrogen-bond acceptors (Lipinski definition) is 7. The van der Waals surface area contributed by atoms with Crippen LogP contribution in [0.4, 0.5) is 24.8 Å². The van der Waals surface area contributed by atoms with Crippen LogP contribution in [0.25, 0.3) is 11.2 Å². The Morgan fingerprint density at radius 3 is 2.31 bits per heavy atom. The zero-order chi connectivity index (χ0) is 18.3. The van der Waals surface area contributed by atoms with Crippen LogP contribution in [-0.2, 0) is 13.2 Å². The lowest BCUT2D eigenvalue weighted by atomic mass is 10.3. The lowest BCUT2D eigenvalue weighted by Crippen LogP contribution is -2.47. The molecule has 3 aromatic heterocycles. The van der Waals surface area contributed by atoms with Gasteiger partial charge in [-0.25, -0.2) is 24.9 Å². The van der Waals surface area contributed by atoms with E-state index in [1.54, 1.807) is 6.33 Å². The molecular formula is C15H15F3N8. The lowest BCUT2D eigenvalue weighted by molar-refractivity contribution is -0.141. The van der Waals surface area contributed by atoms with Crippen LogP contribution in [0, 0.1) is 0 Å². The molecule has 4 rings (SSSR count). The number of aryl methyl sites for hydroxylation is 1. The molecule has 1 fully saturated rings. The van der Waals surface area contributed by atoms with Crippen LogP contribution in [0.1, 0.15) is 5.69 Å². The molecule has 0 N–H and O–H groups in total. The van der Waals surface area contributed by atoms with Gasteiger partial charge in [0.1, 0.15) is 24.2 Å². The molecule has 26 heavy (non-hydrogen) atoms. The summed E-state index contributed by atoms with van der Waals surface area (Å²) in [4.78, 5) is 24.1. The molecule has 4 heterocycles. The van der Waals surface area contributed by atoms with E-state index in [2.05, 4.69) is 29.8 Å². The summed E-state index contributed by atoms with van der Waals surface area (Å²) in [6.45, 7) is 2.22. The van der Waals surface area contributed by atoms with Crippen LogP contribution in [0.5, 0.6) is 0 Å². The van der Waals surface area contributed by atoms with Gasteiger partial charge in [0.25, 0.3) is 0 Å². The third-order valence-corrected chi connectivity index (χ3v) is 4.32. The summed E-state index contributed by atoms with van der Waals surface area (Å²) in [5, 5.41) is 0. The van der Waals surface area contributed by atoms with Gasteiger partial charge in [0.15, 0.2) is 17.0 Å². The van der Waals surface area contributed by atoms with Gasteiger partial charge in [0.2, 0.25) is 0 Å². The molecule has 3 aromatic rings. The van der Waals surface area contributed by atoms with Crippen LogP contribution in [0.2, 0.25) is 0 Å². The number of fused-ring (bicyclic) bond motifs is 1. The van der Waals surface area contributed by atoms with Gasteiger partial charge in [-0.05, 0) is 0 Å². The fourth-order valence-electron chi connectivity index (χ4n) is 2.99. The lowest BCUT2D eigenvalue weighted by Gasteiger charge is -2.36. The number of aromatic nitrogens is 6. The second kappa shape index (κ2) is 6.07. The molecule has 0 radical (unpaired) electrons. The molecule has 0 spiro atoms. The number of alkyl halides is 3. The molecule has 136 valence electrons. The second-order valence-corrected chi connectivity index (χ2v) is 5.96. The Morgan fingerprint density at radius 1 is 0.885 bits per heavy atom. The largest absolute Gasteiger partial charge is 0.433 e. The van der Waals surface area contributed by atoms with Crippen molar-refractivity contribution >= 4 is 22.8 Å². The highest BCUT2D eigenvalue weighted by Crippen LogP contribution is 2.29. The van der Waals surface area contributed by atoms with E-state index < -0.39 is 11.9 Å². The summed E-state index contributed by atoms with van der Waals surface area (Å²) < 4.78 is 40.3. The van der Waals surface area contributed by atoms with Crippen LogP contribution in [0.3, 0.4) is 0 Å². The van der Waals surface area contributed by atoms with Crippen molar-refractivity contribution in [3.8, 4) is 0 Å². The Bertz CT molecular complexity index is 930. The number of rotatable bonds is 2. The summed E-state index contributed by atoms with van der Waals surface area (Å²) in [5.41, 5.74) is 0.517. The summed E-state index contributed by atoms with van der Waals surface area (Å²) in [6, 6.07) is 0.983. The monoisotopic (exact) mass is 364 g/mol. The molecule has 0 amide bonds. The molecule has 0 bridgehead atoms. The minimum absolute atomic E-state index is 0.276. The van der Waals surface area contributed by atoms with Crippen molar-refractivity contribution in [1.82, 2.24) is 29.5 Å². The maximum Gasteiger partial charge on any atom is 0.433 e. The van der Waals surface area contributed by atoms with Gasteiger partial charge in [-0.15, -0.1) is 0 Å². The molecular weight excluding hydrogens is 349 g/mol. The molecule has 0 atom stereocenters. The number of piperazine rings is 1. The highest BCUT2D eigenvalue weighted by molar-refractivity contribution is 5.83. The van der Waals surface area contributed by atoms with E-state index >= 15 is 0 Å². The first-order valence-corrected chi connectivity index (χ1v) is 7.94. The maximum atomic E-state index is 12.8. The van der Waals surface area contributed by atoms with Gasteiger partial charge in [0.05, 0.1) is 6.33 Å². The summed E-state index contributed by atoms with van der Waals surface area (Å²) in [6.07, 6.45) is -0.359. The fraction of sp³-hybridized carbons (Fsp3) is 0.400. The quantitative estimate of drug-likeness (QED) is 0.682. The first kappa shape index (κ1) is 16.5. The highest BCUT2D eigenvalue weighted by atomic mass is 19.4. The standard InChI is InChI=1S/C15H15F3N8/c1-24-9-23-12-13(24)21-8-22-14(12)26-4-2-25(3-5-26)11-6-10(15(16,17)18)19-7-20-11/h6-9H,2-5H2,1H3. The molecule has 0 aromatic carbocycles. The van der Waals surface area contributed by atoms with E-state index in [9.17, 15) is 13.2 Å². The summed E-state index contributed by atoms with van der Waals surface area (Å²) >= 11 is 0. The first-order chi connectivity index (χ1) is 12.4. The normalized spacial score (nSPS) is 15.7. The van der Waals surface area contributed by atoms with Crippen molar-refractivity contribution in [3.63, 3.8) is 0 Å². The van der Waals surface area contributed by atoms with Gasteiger partial charge in [-0.3, -0.25) is 0 Å². The van der Waals surface area contributed by atoms with Crippen molar-refractivity contribution < 1.29 is 13.2 Å². The van der Waals surface area contributed by atoms with Crippen molar-refractivity contribution in [2.24, 2.45) is 7.05 Å². The third kappa shape index (κ3) is 2.89. The van der Waals surface area contributed by atoms with Gasteiger partial charge in [0, 0.05) is 39.3 Å². The average molecular weight is 364 g/mol. The fourth-order valence-corrected chi connectivity index (χ4v) is 2.99. The minimum Gasteiger partial charge on any atom is -0.353 e. The number of anilines is 2. The maximum absolute atomic E-state index is 12.8. The van der Waals surface area contributed by atoms with Crippen LogP contribution in [-0.4, -0.2) is 55.7 Å². The van der Waals surface area contributed by atoms with E-state index in [1.807, 2.05) is 16.5 Å². The Balaban J connectivity index is 1.52. The van der Waals surface area contributed by atoms with E-state index in [-0.39, 0.29) is 5.82 Å². The molecule has 1 aliphatic heterocycles. The zero-order valence-corrected chi connectivity index (χ0v) is 13.8. The molecule has 1 aliphatic rings. The Hall–Kier alpha value is -2.98. The highest BCUT2D eigenvalue weighted by Gasteiger charge is 2.33. The van der Waals surface area contributed by atoms with Gasteiger partial charge in [-0.1, -0.05) is 0 Å². The summed E-state index contributed by atoms with van der Waals surface area (Å²) in [5.74, 6) is 1.01. The number of imidazole rings is 1. The van der Waals surface area contributed by atoms with E-state index in [0.717, 1.165) is 23.9 Å². The molecule has 8 nitrogen and oxygen atoms in total. The van der Waals surface area contributed by atoms with Crippen molar-refractivity contribution in [2.45, 2.75) is 6.18 Å². The predicted molar refractivity (Wildman–Crippen MR) is 87.8 cm³/mol. The minimum atomic E-state index is -4.48. The van der Waals surface area contributed by atoms with Gasteiger partial charge < -0.3 is 14.4 Å². The molecule has 1 saturated heterocycles. The average Bonchev–Trinajstić information content (AvgIpc) is 3.03. The molecule has 11 heteroatoms. The Labute approximate surface area is 146 Å². The van der Waals surface area contributed by atoms with Gasteiger partial charge >= 0.3 is 6.18 Å². The third-order valence-electron chi connectivity index (χ3n) is 4.32. The van der Waals surface area contributed by atoms with Crippen molar-refractivity contribution in [3.05, 3.63) is 30.7 Å². The van der Waals surface area contributed by atoms with E-state index in [4.69, 9.17) is 0 Å². The zero-order valence-electron chi connectivity index (χ0n) is 13.8. The first-order valence-electron chi connectivity index (χ1n) is 7.94. The topological polar surface area (TPSA) is 75.9 Å².